The molecule has 20 heavy (non-hydrogen) atoms. The number of hydrogen-bond acceptors (Lipinski definition) is 4. The van der Waals surface area contributed by atoms with Gasteiger partial charge in [0, 0.05) is 30.1 Å². The fourth-order valence-corrected chi connectivity index (χ4v) is 4.28. The molecule has 1 N–H and O–H groups in total. The maximum absolute atomic E-state index is 4.58. The smallest absolute Gasteiger partial charge is 0.0900 e. The highest BCUT2D eigenvalue weighted by Gasteiger charge is 2.29. The molecule has 0 saturated carbocycles. The third kappa shape index (κ3) is 3.60. The summed E-state index contributed by atoms with van der Waals surface area (Å²) in [6.45, 7) is 14.8. The van der Waals surface area contributed by atoms with Gasteiger partial charge < -0.3 is 5.32 Å². The third-order valence-electron chi connectivity index (χ3n) is 4.46. The largest absolute Gasteiger partial charge is 0.314 e. The Labute approximate surface area is 127 Å². The molecular formula is C16H29N3S. The number of nitrogens with zero attached hydrogens (tertiary/aromatic N) is 2. The maximum Gasteiger partial charge on any atom is 0.0900 e. The van der Waals surface area contributed by atoms with Crippen LogP contribution in [0.4, 0.5) is 0 Å². The number of aromatic nitrogens is 1. The number of rotatable bonds is 5. The summed E-state index contributed by atoms with van der Waals surface area (Å²) in [7, 11) is 0. The first-order chi connectivity index (χ1) is 9.52. The molecule has 1 saturated heterocycles. The molecule has 0 bridgehead atoms. The summed E-state index contributed by atoms with van der Waals surface area (Å²) < 4.78 is 0. The van der Waals surface area contributed by atoms with Crippen molar-refractivity contribution in [3.63, 3.8) is 0 Å². The van der Waals surface area contributed by atoms with Crippen LogP contribution in [-0.4, -0.2) is 35.6 Å². The third-order valence-corrected chi connectivity index (χ3v) is 5.70. The lowest BCUT2D eigenvalue weighted by molar-refractivity contribution is 0.112. The van der Waals surface area contributed by atoms with Crippen LogP contribution in [0, 0.1) is 19.8 Å². The standard InChI is InChI=1S/C16H29N3S/c1-6-8-17-15-7-9-19(10-11(15)2)13(4)16-12(3)18-14(5)20-16/h11,13,15,17H,6-10H2,1-5H3. The summed E-state index contributed by atoms with van der Waals surface area (Å²) in [5.74, 6) is 0.729. The van der Waals surface area contributed by atoms with Gasteiger partial charge in [-0.05, 0) is 46.1 Å². The zero-order chi connectivity index (χ0) is 14.7. The number of thiazole rings is 1. The Hall–Kier alpha value is -0.450. The van der Waals surface area contributed by atoms with Gasteiger partial charge in [0.15, 0.2) is 0 Å². The number of hydrogen-bond donors (Lipinski definition) is 1. The van der Waals surface area contributed by atoms with E-state index in [1.165, 1.54) is 41.5 Å². The summed E-state index contributed by atoms with van der Waals surface area (Å²) in [5, 5.41) is 4.89. The highest BCUT2D eigenvalue weighted by Crippen LogP contribution is 2.32. The normalized spacial score (nSPS) is 25.9. The molecule has 1 fully saturated rings. The van der Waals surface area contributed by atoms with E-state index in [1.54, 1.807) is 0 Å². The first-order valence-corrected chi connectivity index (χ1v) is 8.76. The molecule has 3 unspecified atom stereocenters. The van der Waals surface area contributed by atoms with Gasteiger partial charge in [-0.3, -0.25) is 4.90 Å². The number of nitrogens with one attached hydrogen (secondary N) is 1. The number of piperidine rings is 1. The van der Waals surface area contributed by atoms with Crippen molar-refractivity contribution in [2.45, 2.75) is 59.5 Å². The highest BCUT2D eigenvalue weighted by molar-refractivity contribution is 7.11. The van der Waals surface area contributed by atoms with Gasteiger partial charge in [-0.25, -0.2) is 4.98 Å². The summed E-state index contributed by atoms with van der Waals surface area (Å²) in [4.78, 5) is 8.67. The van der Waals surface area contributed by atoms with Crippen LogP contribution in [0.5, 0.6) is 0 Å². The molecule has 0 aromatic carbocycles. The minimum Gasteiger partial charge on any atom is -0.314 e. The summed E-state index contributed by atoms with van der Waals surface area (Å²) >= 11 is 1.86. The maximum atomic E-state index is 4.58. The Bertz CT molecular complexity index is 429. The van der Waals surface area contributed by atoms with E-state index in [0.29, 0.717) is 12.1 Å². The molecule has 1 aliphatic heterocycles. The fourth-order valence-electron chi connectivity index (χ4n) is 3.26. The van der Waals surface area contributed by atoms with Crippen molar-refractivity contribution in [3.05, 3.63) is 15.6 Å². The Kier molecular flexibility index (Phi) is 5.58. The minimum absolute atomic E-state index is 0.510. The van der Waals surface area contributed by atoms with Gasteiger partial charge in [0.05, 0.1) is 10.7 Å². The van der Waals surface area contributed by atoms with Crippen LogP contribution in [0.15, 0.2) is 0 Å². The lowest BCUT2D eigenvalue weighted by Crippen LogP contribution is -2.49. The Balaban J connectivity index is 1.96. The van der Waals surface area contributed by atoms with Crippen molar-refractivity contribution in [3.8, 4) is 0 Å². The lowest BCUT2D eigenvalue weighted by Gasteiger charge is -2.40. The van der Waals surface area contributed by atoms with Crippen LogP contribution in [0.25, 0.3) is 0 Å². The van der Waals surface area contributed by atoms with E-state index in [0.717, 1.165) is 12.5 Å². The zero-order valence-electron chi connectivity index (χ0n) is 13.6. The van der Waals surface area contributed by atoms with Gasteiger partial charge in [-0.2, -0.15) is 0 Å². The second kappa shape index (κ2) is 7.01. The van der Waals surface area contributed by atoms with E-state index in [1.807, 2.05) is 11.3 Å². The molecule has 0 radical (unpaired) electrons. The molecule has 1 aromatic rings. The van der Waals surface area contributed by atoms with Crippen LogP contribution in [0.1, 0.15) is 55.2 Å². The molecule has 1 aliphatic rings. The molecule has 3 nitrogen and oxygen atoms in total. The monoisotopic (exact) mass is 295 g/mol. The molecule has 0 amide bonds. The van der Waals surface area contributed by atoms with E-state index >= 15 is 0 Å². The average Bonchev–Trinajstić information content (AvgIpc) is 2.75. The molecule has 0 aliphatic carbocycles. The van der Waals surface area contributed by atoms with Crippen LogP contribution in [0.3, 0.4) is 0 Å². The summed E-state index contributed by atoms with van der Waals surface area (Å²) in [6, 6.07) is 1.21. The predicted octanol–water partition coefficient (Wildman–Crippen LogP) is 3.53. The average molecular weight is 295 g/mol. The lowest BCUT2D eigenvalue weighted by atomic mass is 9.92. The number of aryl methyl sites for hydroxylation is 2. The first-order valence-electron chi connectivity index (χ1n) is 7.94. The van der Waals surface area contributed by atoms with E-state index in [9.17, 15) is 0 Å². The molecule has 1 aromatic heterocycles. The van der Waals surface area contributed by atoms with Crippen molar-refractivity contribution >= 4 is 11.3 Å². The molecule has 114 valence electrons. The van der Waals surface area contributed by atoms with Gasteiger partial charge in [0.25, 0.3) is 0 Å². The van der Waals surface area contributed by atoms with Crippen LogP contribution >= 0.6 is 11.3 Å². The minimum atomic E-state index is 0.510. The van der Waals surface area contributed by atoms with Gasteiger partial charge in [-0.15, -0.1) is 11.3 Å². The van der Waals surface area contributed by atoms with Crippen molar-refractivity contribution < 1.29 is 0 Å². The van der Waals surface area contributed by atoms with Crippen LogP contribution < -0.4 is 5.32 Å². The molecule has 2 heterocycles. The van der Waals surface area contributed by atoms with Gasteiger partial charge in [0.2, 0.25) is 0 Å². The number of likely N-dealkylation sites (tertiary alicyclic amines) is 1. The van der Waals surface area contributed by atoms with E-state index < -0.39 is 0 Å². The van der Waals surface area contributed by atoms with Crippen LogP contribution in [0.2, 0.25) is 0 Å². The molecule has 0 spiro atoms. The fraction of sp³-hybridized carbons (Fsp3) is 0.812. The second-order valence-corrected chi connectivity index (χ2v) is 7.41. The summed E-state index contributed by atoms with van der Waals surface area (Å²) in [5.41, 5.74) is 1.22. The Morgan fingerprint density at radius 1 is 1.45 bits per heavy atom. The van der Waals surface area contributed by atoms with E-state index in [4.69, 9.17) is 0 Å². The summed E-state index contributed by atoms with van der Waals surface area (Å²) in [6.07, 6.45) is 2.49. The SMILES string of the molecule is CCCNC1CCN(C(C)c2sc(C)nc2C)CC1C. The first kappa shape index (κ1) is 15.9. The Morgan fingerprint density at radius 2 is 2.20 bits per heavy atom. The quantitative estimate of drug-likeness (QED) is 0.900. The molecule has 4 heteroatoms. The van der Waals surface area contributed by atoms with E-state index in [-0.39, 0.29) is 0 Å². The van der Waals surface area contributed by atoms with Crippen molar-refractivity contribution in [2.75, 3.05) is 19.6 Å². The van der Waals surface area contributed by atoms with Gasteiger partial charge in [0.1, 0.15) is 0 Å². The topological polar surface area (TPSA) is 28.2 Å². The molecular weight excluding hydrogens is 266 g/mol. The van der Waals surface area contributed by atoms with Crippen molar-refractivity contribution in [1.29, 1.82) is 0 Å². The van der Waals surface area contributed by atoms with Gasteiger partial charge in [-0.1, -0.05) is 13.8 Å². The van der Waals surface area contributed by atoms with E-state index in [2.05, 4.69) is 49.8 Å². The van der Waals surface area contributed by atoms with Crippen LogP contribution in [-0.2, 0) is 0 Å². The molecule has 2 rings (SSSR count). The zero-order valence-corrected chi connectivity index (χ0v) is 14.4. The highest BCUT2D eigenvalue weighted by atomic mass is 32.1. The van der Waals surface area contributed by atoms with Gasteiger partial charge >= 0.3 is 0 Å². The predicted molar refractivity (Wildman–Crippen MR) is 87.4 cm³/mol. The molecule has 3 atom stereocenters. The van der Waals surface area contributed by atoms with Crippen molar-refractivity contribution in [1.82, 2.24) is 15.2 Å². The second-order valence-electron chi connectivity index (χ2n) is 6.18. The Morgan fingerprint density at radius 3 is 2.75 bits per heavy atom. The van der Waals surface area contributed by atoms with Crippen molar-refractivity contribution in [2.24, 2.45) is 5.92 Å².